The molecule has 3 heteroatoms. The smallest absolute Gasteiger partial charge is 0.129 e. The Labute approximate surface area is 90.5 Å². The van der Waals surface area contributed by atoms with Crippen LogP contribution in [0.1, 0.15) is 37.9 Å². The van der Waals surface area contributed by atoms with Crippen LogP contribution in [0.25, 0.3) is 0 Å². The molecule has 1 heterocycles. The Bertz CT molecular complexity index is 329. The lowest BCUT2D eigenvalue weighted by atomic mass is 9.82. The number of rotatable bonds is 1. The van der Waals surface area contributed by atoms with Crippen molar-refractivity contribution >= 4 is 11.6 Å². The number of hydrogen-bond donors (Lipinski definition) is 1. The molecule has 2 nitrogen and oxygen atoms in total. The van der Waals surface area contributed by atoms with E-state index >= 15 is 0 Å². The first-order valence-electron chi connectivity index (χ1n) is 4.70. The van der Waals surface area contributed by atoms with Gasteiger partial charge in [-0.05, 0) is 29.5 Å². The normalized spacial score (nSPS) is 14.1. The Hall–Kier alpha value is -0.600. The standard InChI is InChI=1S/C11H17ClN2/c1-7-5-9(12)14-6-8(7)10(13)11(2,3)4/h5-6,10H,13H2,1-4H3/t10-/m0/s1. The SMILES string of the molecule is Cc1cc(Cl)ncc1[C@H](N)C(C)(C)C. The highest BCUT2D eigenvalue weighted by Crippen LogP contribution is 2.32. The first-order valence-corrected chi connectivity index (χ1v) is 5.08. The molecule has 0 saturated heterocycles. The van der Waals surface area contributed by atoms with E-state index in [-0.39, 0.29) is 11.5 Å². The fraction of sp³-hybridized carbons (Fsp3) is 0.545. The molecule has 0 spiro atoms. The first kappa shape index (κ1) is 11.5. The van der Waals surface area contributed by atoms with E-state index in [1.807, 2.05) is 13.0 Å². The van der Waals surface area contributed by atoms with Gasteiger partial charge in [0.25, 0.3) is 0 Å². The molecule has 0 aliphatic carbocycles. The van der Waals surface area contributed by atoms with Gasteiger partial charge in [0.05, 0.1) is 0 Å². The van der Waals surface area contributed by atoms with E-state index in [2.05, 4.69) is 25.8 Å². The van der Waals surface area contributed by atoms with Crippen LogP contribution in [0.4, 0.5) is 0 Å². The molecule has 14 heavy (non-hydrogen) atoms. The summed E-state index contributed by atoms with van der Waals surface area (Å²) in [6.45, 7) is 8.36. The van der Waals surface area contributed by atoms with Crippen molar-refractivity contribution in [3.05, 3.63) is 28.5 Å². The second-order valence-electron chi connectivity index (χ2n) is 4.71. The van der Waals surface area contributed by atoms with E-state index in [9.17, 15) is 0 Å². The summed E-state index contributed by atoms with van der Waals surface area (Å²) in [7, 11) is 0. The van der Waals surface area contributed by atoms with Crippen molar-refractivity contribution in [2.24, 2.45) is 11.1 Å². The Morgan fingerprint density at radius 1 is 1.43 bits per heavy atom. The molecular formula is C11H17ClN2. The van der Waals surface area contributed by atoms with Gasteiger partial charge in [-0.25, -0.2) is 4.98 Å². The Morgan fingerprint density at radius 3 is 2.43 bits per heavy atom. The third-order valence-electron chi connectivity index (χ3n) is 2.39. The molecule has 1 rings (SSSR count). The molecule has 0 amide bonds. The molecule has 0 aliphatic heterocycles. The number of hydrogen-bond acceptors (Lipinski definition) is 2. The van der Waals surface area contributed by atoms with Gasteiger partial charge in [0.15, 0.2) is 0 Å². The molecule has 0 aromatic carbocycles. The van der Waals surface area contributed by atoms with Crippen molar-refractivity contribution in [3.8, 4) is 0 Å². The minimum absolute atomic E-state index is 0.00716. The minimum Gasteiger partial charge on any atom is -0.323 e. The number of aromatic nitrogens is 1. The Balaban J connectivity index is 3.08. The van der Waals surface area contributed by atoms with Crippen LogP contribution in [0.2, 0.25) is 5.15 Å². The molecule has 1 aromatic heterocycles. The van der Waals surface area contributed by atoms with Crippen LogP contribution in [0, 0.1) is 12.3 Å². The van der Waals surface area contributed by atoms with Gasteiger partial charge in [-0.3, -0.25) is 0 Å². The molecule has 78 valence electrons. The molecule has 0 fully saturated rings. The van der Waals surface area contributed by atoms with E-state index in [4.69, 9.17) is 17.3 Å². The number of nitrogens with zero attached hydrogens (tertiary/aromatic N) is 1. The predicted octanol–water partition coefficient (Wildman–Crippen LogP) is 3.09. The zero-order valence-electron chi connectivity index (χ0n) is 9.13. The molecule has 1 atom stereocenters. The van der Waals surface area contributed by atoms with Crippen LogP contribution in [0.3, 0.4) is 0 Å². The third kappa shape index (κ3) is 2.46. The fourth-order valence-electron chi connectivity index (χ4n) is 1.32. The summed E-state index contributed by atoms with van der Waals surface area (Å²) < 4.78 is 0. The summed E-state index contributed by atoms with van der Waals surface area (Å²) in [6.07, 6.45) is 1.77. The monoisotopic (exact) mass is 212 g/mol. The van der Waals surface area contributed by atoms with E-state index < -0.39 is 0 Å². The van der Waals surface area contributed by atoms with Gasteiger partial charge in [0, 0.05) is 12.2 Å². The number of halogens is 1. The maximum Gasteiger partial charge on any atom is 0.129 e. The second kappa shape index (κ2) is 3.87. The molecule has 0 aliphatic rings. The zero-order chi connectivity index (χ0) is 10.9. The fourth-order valence-corrected chi connectivity index (χ4v) is 1.54. The summed E-state index contributed by atoms with van der Waals surface area (Å²) >= 11 is 5.78. The van der Waals surface area contributed by atoms with Crippen molar-refractivity contribution < 1.29 is 0 Å². The van der Waals surface area contributed by atoms with Crippen molar-refractivity contribution in [3.63, 3.8) is 0 Å². The largest absolute Gasteiger partial charge is 0.323 e. The molecule has 2 N–H and O–H groups in total. The van der Waals surface area contributed by atoms with Gasteiger partial charge in [-0.1, -0.05) is 32.4 Å². The maximum absolute atomic E-state index is 6.14. The van der Waals surface area contributed by atoms with Gasteiger partial charge >= 0.3 is 0 Å². The summed E-state index contributed by atoms with van der Waals surface area (Å²) in [4.78, 5) is 4.06. The summed E-state index contributed by atoms with van der Waals surface area (Å²) in [5, 5.41) is 0.521. The zero-order valence-corrected chi connectivity index (χ0v) is 9.89. The summed E-state index contributed by atoms with van der Waals surface area (Å²) in [6, 6.07) is 1.84. The highest BCUT2D eigenvalue weighted by molar-refractivity contribution is 6.29. The highest BCUT2D eigenvalue weighted by atomic mass is 35.5. The summed E-state index contributed by atoms with van der Waals surface area (Å²) in [5.41, 5.74) is 8.36. The molecule has 0 unspecified atom stereocenters. The van der Waals surface area contributed by atoms with E-state index in [1.165, 1.54) is 0 Å². The quantitative estimate of drug-likeness (QED) is 0.727. The van der Waals surface area contributed by atoms with Crippen molar-refractivity contribution in [1.82, 2.24) is 4.98 Å². The molecular weight excluding hydrogens is 196 g/mol. The maximum atomic E-state index is 6.14. The van der Waals surface area contributed by atoms with Crippen LogP contribution >= 0.6 is 11.6 Å². The molecule has 0 radical (unpaired) electrons. The average Bonchev–Trinajstić information content (AvgIpc) is 2.01. The van der Waals surface area contributed by atoms with Crippen LogP contribution in [0.15, 0.2) is 12.3 Å². The molecule has 0 saturated carbocycles. The van der Waals surface area contributed by atoms with Crippen LogP contribution in [-0.4, -0.2) is 4.98 Å². The van der Waals surface area contributed by atoms with Gasteiger partial charge in [-0.15, -0.1) is 0 Å². The van der Waals surface area contributed by atoms with E-state index in [1.54, 1.807) is 6.20 Å². The topological polar surface area (TPSA) is 38.9 Å². The lowest BCUT2D eigenvalue weighted by Crippen LogP contribution is -2.27. The lowest BCUT2D eigenvalue weighted by Gasteiger charge is -2.28. The predicted molar refractivity (Wildman–Crippen MR) is 60.4 cm³/mol. The lowest BCUT2D eigenvalue weighted by molar-refractivity contribution is 0.325. The third-order valence-corrected chi connectivity index (χ3v) is 2.59. The summed E-state index contributed by atoms with van der Waals surface area (Å²) in [5.74, 6) is 0. The number of nitrogens with two attached hydrogens (primary N) is 1. The van der Waals surface area contributed by atoms with Crippen LogP contribution in [-0.2, 0) is 0 Å². The second-order valence-corrected chi connectivity index (χ2v) is 5.09. The van der Waals surface area contributed by atoms with Gasteiger partial charge in [-0.2, -0.15) is 0 Å². The van der Waals surface area contributed by atoms with E-state index in [0.717, 1.165) is 11.1 Å². The Kier molecular flexibility index (Phi) is 3.17. The minimum atomic E-state index is -0.00716. The van der Waals surface area contributed by atoms with Gasteiger partial charge in [0.1, 0.15) is 5.15 Å². The van der Waals surface area contributed by atoms with Gasteiger partial charge < -0.3 is 5.73 Å². The molecule has 0 bridgehead atoms. The number of pyridine rings is 1. The van der Waals surface area contributed by atoms with Crippen molar-refractivity contribution in [1.29, 1.82) is 0 Å². The van der Waals surface area contributed by atoms with E-state index in [0.29, 0.717) is 5.15 Å². The van der Waals surface area contributed by atoms with Crippen molar-refractivity contribution in [2.45, 2.75) is 33.7 Å². The average molecular weight is 213 g/mol. The highest BCUT2D eigenvalue weighted by Gasteiger charge is 2.23. The Morgan fingerprint density at radius 2 is 2.00 bits per heavy atom. The molecule has 1 aromatic rings. The van der Waals surface area contributed by atoms with Crippen LogP contribution in [0.5, 0.6) is 0 Å². The van der Waals surface area contributed by atoms with Crippen molar-refractivity contribution in [2.75, 3.05) is 0 Å². The van der Waals surface area contributed by atoms with Gasteiger partial charge in [0.2, 0.25) is 0 Å². The first-order chi connectivity index (χ1) is 6.32. The van der Waals surface area contributed by atoms with Crippen LogP contribution < -0.4 is 5.73 Å². The number of aryl methyl sites for hydroxylation is 1.